The maximum Gasteiger partial charge on any atom is 0.245 e. The smallest absolute Gasteiger partial charge is 0.245 e. The van der Waals surface area contributed by atoms with E-state index in [1.165, 1.54) is 0 Å². The van der Waals surface area contributed by atoms with Crippen molar-refractivity contribution in [1.29, 1.82) is 0 Å². The Morgan fingerprint density at radius 1 is 1.46 bits per heavy atom. The zero-order chi connectivity index (χ0) is 10.1. The van der Waals surface area contributed by atoms with E-state index in [1.807, 2.05) is 0 Å². The fourth-order valence-electron chi connectivity index (χ4n) is 0.772. The summed E-state index contributed by atoms with van der Waals surface area (Å²) >= 11 is 0. The van der Waals surface area contributed by atoms with Gasteiger partial charge in [0.05, 0.1) is 6.61 Å². The molecular weight excluding hydrogens is 168 g/mol. The molecule has 0 radical (unpaired) electrons. The maximum atomic E-state index is 10.7. The first-order valence-electron chi connectivity index (χ1n) is 4.66. The van der Waals surface area contributed by atoms with Crippen molar-refractivity contribution in [3.05, 3.63) is 0 Å². The summed E-state index contributed by atoms with van der Waals surface area (Å²) in [6.45, 7) is 6.83. The average molecular weight is 188 g/mol. The molecule has 0 aliphatic rings. The van der Waals surface area contributed by atoms with Crippen LogP contribution in [0.15, 0.2) is 0 Å². The minimum absolute atomic E-state index is 0.0798. The van der Waals surface area contributed by atoms with Crippen LogP contribution >= 0.6 is 0 Å². The third-order valence-electron chi connectivity index (χ3n) is 1.49. The zero-order valence-corrected chi connectivity index (χ0v) is 8.72. The lowest BCUT2D eigenvalue weighted by Crippen LogP contribution is -2.27. The number of rotatable bonds is 7. The number of nitrogens with one attached hydrogen (secondary N) is 2. The fourth-order valence-corrected chi connectivity index (χ4v) is 0.772. The van der Waals surface area contributed by atoms with Crippen LogP contribution in [-0.2, 0) is 9.53 Å². The van der Waals surface area contributed by atoms with Crippen molar-refractivity contribution in [3.8, 4) is 0 Å². The van der Waals surface area contributed by atoms with Gasteiger partial charge >= 0.3 is 0 Å². The lowest BCUT2D eigenvalue weighted by atomic mass is 10.2. The lowest BCUT2D eigenvalue weighted by molar-refractivity contribution is -0.125. The Labute approximate surface area is 80.0 Å². The molecule has 0 saturated heterocycles. The van der Waals surface area contributed by atoms with E-state index in [0.29, 0.717) is 12.5 Å². The van der Waals surface area contributed by atoms with Crippen LogP contribution in [0.25, 0.3) is 0 Å². The zero-order valence-electron chi connectivity index (χ0n) is 8.72. The molecular formula is C9H20N2O2. The molecule has 78 valence electrons. The van der Waals surface area contributed by atoms with Crippen LogP contribution in [0.5, 0.6) is 0 Å². The minimum atomic E-state index is -0.0798. The third kappa shape index (κ3) is 9.30. The second-order valence-corrected chi connectivity index (χ2v) is 3.32. The molecule has 4 heteroatoms. The first kappa shape index (κ1) is 12.4. The minimum Gasteiger partial charge on any atom is -0.370 e. The standard InChI is InChI=1S/C9H20N2O2/c1-8(2)6-11-4-5-13-7-9(12)10-3/h8,11H,4-7H2,1-3H3,(H,10,12). The number of likely N-dealkylation sites (N-methyl/N-ethyl adjacent to an activating group) is 1. The molecule has 0 rings (SSSR count). The van der Waals surface area contributed by atoms with Gasteiger partial charge in [-0.2, -0.15) is 0 Å². The number of hydrogen-bond donors (Lipinski definition) is 2. The van der Waals surface area contributed by atoms with Crippen LogP contribution in [0.2, 0.25) is 0 Å². The predicted molar refractivity (Wildman–Crippen MR) is 52.6 cm³/mol. The molecule has 0 atom stereocenters. The van der Waals surface area contributed by atoms with Crippen molar-refractivity contribution in [1.82, 2.24) is 10.6 Å². The van der Waals surface area contributed by atoms with Crippen LogP contribution in [-0.4, -0.2) is 39.3 Å². The summed E-state index contributed by atoms with van der Waals surface area (Å²) in [6, 6.07) is 0. The molecule has 2 N–H and O–H groups in total. The van der Waals surface area contributed by atoms with E-state index in [4.69, 9.17) is 4.74 Å². The number of hydrogen-bond acceptors (Lipinski definition) is 3. The molecule has 0 aromatic rings. The summed E-state index contributed by atoms with van der Waals surface area (Å²) in [7, 11) is 1.60. The maximum absolute atomic E-state index is 10.7. The van der Waals surface area contributed by atoms with Crippen LogP contribution in [0.4, 0.5) is 0 Å². The normalized spacial score (nSPS) is 10.5. The number of amides is 1. The Hall–Kier alpha value is -0.610. The summed E-state index contributed by atoms with van der Waals surface area (Å²) in [5.74, 6) is 0.572. The van der Waals surface area contributed by atoms with Crippen molar-refractivity contribution in [2.24, 2.45) is 5.92 Å². The van der Waals surface area contributed by atoms with Crippen molar-refractivity contribution in [2.75, 3.05) is 33.4 Å². The highest BCUT2D eigenvalue weighted by Gasteiger charge is 1.96. The topological polar surface area (TPSA) is 50.4 Å². The van der Waals surface area contributed by atoms with Gasteiger partial charge in [-0.3, -0.25) is 4.79 Å². The molecule has 1 amide bonds. The van der Waals surface area contributed by atoms with Gasteiger partial charge < -0.3 is 15.4 Å². The van der Waals surface area contributed by atoms with Gasteiger partial charge in [0, 0.05) is 13.6 Å². The molecule has 0 unspecified atom stereocenters. The largest absolute Gasteiger partial charge is 0.370 e. The van der Waals surface area contributed by atoms with Gasteiger partial charge in [0.25, 0.3) is 0 Å². The van der Waals surface area contributed by atoms with Gasteiger partial charge in [0.2, 0.25) is 5.91 Å². The first-order valence-corrected chi connectivity index (χ1v) is 4.66. The van der Waals surface area contributed by atoms with Gasteiger partial charge in [0.1, 0.15) is 6.61 Å². The van der Waals surface area contributed by atoms with Gasteiger partial charge in [0.15, 0.2) is 0 Å². The van der Waals surface area contributed by atoms with Gasteiger partial charge in [-0.15, -0.1) is 0 Å². The van der Waals surface area contributed by atoms with Crippen molar-refractivity contribution < 1.29 is 9.53 Å². The summed E-state index contributed by atoms with van der Waals surface area (Å²) in [5.41, 5.74) is 0. The fraction of sp³-hybridized carbons (Fsp3) is 0.889. The Kier molecular flexibility index (Phi) is 7.63. The van der Waals surface area contributed by atoms with E-state index in [-0.39, 0.29) is 12.5 Å². The molecule has 0 heterocycles. The van der Waals surface area contributed by atoms with E-state index in [9.17, 15) is 4.79 Å². The van der Waals surface area contributed by atoms with Gasteiger partial charge in [-0.05, 0) is 12.5 Å². The van der Waals surface area contributed by atoms with Crippen molar-refractivity contribution in [2.45, 2.75) is 13.8 Å². The molecule has 0 bridgehead atoms. The second kappa shape index (κ2) is 8.01. The van der Waals surface area contributed by atoms with E-state index < -0.39 is 0 Å². The number of carbonyl (C=O) groups is 1. The van der Waals surface area contributed by atoms with E-state index in [0.717, 1.165) is 13.1 Å². The molecule has 0 aromatic heterocycles. The Balaban J connectivity index is 3.04. The molecule has 13 heavy (non-hydrogen) atoms. The van der Waals surface area contributed by atoms with Gasteiger partial charge in [-0.1, -0.05) is 13.8 Å². The van der Waals surface area contributed by atoms with Crippen LogP contribution in [0, 0.1) is 5.92 Å². The SMILES string of the molecule is CNC(=O)COCCNCC(C)C. The second-order valence-electron chi connectivity index (χ2n) is 3.32. The van der Waals surface area contributed by atoms with Crippen LogP contribution in [0.1, 0.15) is 13.8 Å². The van der Waals surface area contributed by atoms with E-state index in [2.05, 4.69) is 24.5 Å². The highest BCUT2D eigenvalue weighted by atomic mass is 16.5. The van der Waals surface area contributed by atoms with Gasteiger partial charge in [-0.25, -0.2) is 0 Å². The van der Waals surface area contributed by atoms with E-state index >= 15 is 0 Å². The van der Waals surface area contributed by atoms with Crippen molar-refractivity contribution >= 4 is 5.91 Å². The third-order valence-corrected chi connectivity index (χ3v) is 1.49. The van der Waals surface area contributed by atoms with Crippen molar-refractivity contribution in [3.63, 3.8) is 0 Å². The Morgan fingerprint density at radius 2 is 2.15 bits per heavy atom. The molecule has 0 fully saturated rings. The first-order chi connectivity index (χ1) is 6.16. The molecule has 0 saturated carbocycles. The quantitative estimate of drug-likeness (QED) is 0.553. The molecule has 4 nitrogen and oxygen atoms in total. The summed E-state index contributed by atoms with van der Waals surface area (Å²) in [5, 5.41) is 5.71. The molecule has 0 aliphatic heterocycles. The monoisotopic (exact) mass is 188 g/mol. The summed E-state index contributed by atoms with van der Waals surface area (Å²) in [4.78, 5) is 10.7. The number of ether oxygens (including phenoxy) is 1. The predicted octanol–water partition coefficient (Wildman–Crippen LogP) is -0.00540. The van der Waals surface area contributed by atoms with E-state index in [1.54, 1.807) is 7.05 Å². The van der Waals surface area contributed by atoms with Crippen LogP contribution < -0.4 is 10.6 Å². The Morgan fingerprint density at radius 3 is 2.69 bits per heavy atom. The highest BCUT2D eigenvalue weighted by molar-refractivity contribution is 5.76. The lowest BCUT2D eigenvalue weighted by Gasteiger charge is -2.07. The molecule has 0 aromatic carbocycles. The molecule has 0 aliphatic carbocycles. The summed E-state index contributed by atoms with van der Waals surface area (Å²) < 4.78 is 5.09. The Bertz CT molecular complexity index is 138. The molecule has 0 spiro atoms. The highest BCUT2D eigenvalue weighted by Crippen LogP contribution is 1.85. The van der Waals surface area contributed by atoms with Crippen LogP contribution in [0.3, 0.4) is 0 Å². The average Bonchev–Trinajstić information content (AvgIpc) is 2.10. The number of carbonyl (C=O) groups excluding carboxylic acids is 1. The summed E-state index contributed by atoms with van der Waals surface area (Å²) in [6.07, 6.45) is 0.